The van der Waals surface area contributed by atoms with Gasteiger partial charge < -0.3 is 19.9 Å². The summed E-state index contributed by atoms with van der Waals surface area (Å²) in [6, 6.07) is 7.26. The van der Waals surface area contributed by atoms with Crippen LogP contribution in [-0.4, -0.2) is 72.2 Å². The zero-order valence-corrected chi connectivity index (χ0v) is 19.1. The second kappa shape index (κ2) is 9.88. The number of halogens is 2. The number of hydrogen-bond acceptors (Lipinski definition) is 8. The second-order valence-electron chi connectivity index (χ2n) is 8.27. The average Bonchev–Trinajstić information content (AvgIpc) is 2.84. The van der Waals surface area contributed by atoms with Gasteiger partial charge in [0.15, 0.2) is 5.84 Å². The molecule has 0 amide bonds. The largest absolute Gasteiger partial charge is 0.480 e. The van der Waals surface area contributed by atoms with Crippen molar-refractivity contribution in [3.05, 3.63) is 76.8 Å². The van der Waals surface area contributed by atoms with Gasteiger partial charge in [-0.15, -0.1) is 0 Å². The summed E-state index contributed by atoms with van der Waals surface area (Å²) < 4.78 is 37.6. The van der Waals surface area contributed by atoms with Crippen molar-refractivity contribution in [2.24, 2.45) is 4.99 Å². The molecule has 0 aliphatic carbocycles. The molecule has 0 saturated carbocycles. The standard InChI is InChI=1S/C24H24F2N4O5/c1-24(14-3-5-15(25)6-4-14)20(23(33)34-2)18(12-30-9-10-35-13-19(30)22(31)32)28-21(29-24)17-8-7-16(26)11-27-17/h3-8,11,19H,9-10,12-13H2,1-2H3,(H,28,29)(H,31,32)/t19?,24-/m1/s1. The highest BCUT2D eigenvalue weighted by atomic mass is 19.1. The predicted molar refractivity (Wildman–Crippen MR) is 120 cm³/mol. The third-order valence-electron chi connectivity index (χ3n) is 6.04. The van der Waals surface area contributed by atoms with E-state index in [1.54, 1.807) is 11.8 Å². The van der Waals surface area contributed by atoms with E-state index >= 15 is 0 Å². The maximum Gasteiger partial charge on any atom is 0.338 e. The monoisotopic (exact) mass is 486 g/mol. The van der Waals surface area contributed by atoms with E-state index in [-0.39, 0.29) is 24.6 Å². The van der Waals surface area contributed by atoms with E-state index in [0.29, 0.717) is 30.1 Å². The van der Waals surface area contributed by atoms with Crippen molar-refractivity contribution in [1.29, 1.82) is 0 Å². The number of methoxy groups -OCH3 is 1. The third-order valence-corrected chi connectivity index (χ3v) is 6.04. The van der Waals surface area contributed by atoms with Crippen LogP contribution in [0.5, 0.6) is 0 Å². The van der Waals surface area contributed by atoms with Crippen LogP contribution in [0.15, 0.2) is 58.9 Å². The minimum absolute atomic E-state index is 0.00807. The van der Waals surface area contributed by atoms with Crippen LogP contribution in [0.25, 0.3) is 0 Å². The Morgan fingerprint density at radius 2 is 1.94 bits per heavy atom. The minimum atomic E-state index is -1.35. The van der Waals surface area contributed by atoms with Gasteiger partial charge in [0, 0.05) is 18.8 Å². The zero-order chi connectivity index (χ0) is 25.2. The van der Waals surface area contributed by atoms with E-state index in [4.69, 9.17) is 14.5 Å². The number of aliphatic imine (C=N–C) groups is 1. The molecule has 0 radical (unpaired) electrons. The number of carboxylic acid groups (broad SMARTS) is 1. The van der Waals surface area contributed by atoms with Crippen LogP contribution in [0, 0.1) is 11.6 Å². The Morgan fingerprint density at radius 3 is 2.57 bits per heavy atom. The van der Waals surface area contributed by atoms with Crippen molar-refractivity contribution in [2.75, 3.05) is 33.4 Å². The molecule has 1 unspecified atom stereocenters. The SMILES string of the molecule is COC(=O)C1=C(CN2CCOCC2C(=O)O)NC(c2ccc(F)cn2)=N[C@]1(C)c1ccc(F)cc1. The van der Waals surface area contributed by atoms with Crippen molar-refractivity contribution in [3.63, 3.8) is 0 Å². The second-order valence-corrected chi connectivity index (χ2v) is 8.27. The Hall–Kier alpha value is -3.70. The van der Waals surface area contributed by atoms with Crippen molar-refractivity contribution in [2.45, 2.75) is 18.5 Å². The highest BCUT2D eigenvalue weighted by Crippen LogP contribution is 2.39. The molecule has 4 rings (SSSR count). The maximum absolute atomic E-state index is 13.7. The lowest BCUT2D eigenvalue weighted by Gasteiger charge is -2.38. The topological polar surface area (TPSA) is 113 Å². The molecule has 0 spiro atoms. The summed E-state index contributed by atoms with van der Waals surface area (Å²) in [7, 11) is 1.23. The number of nitrogens with zero attached hydrogens (tertiary/aromatic N) is 3. The van der Waals surface area contributed by atoms with Gasteiger partial charge in [-0.3, -0.25) is 9.69 Å². The summed E-state index contributed by atoms with van der Waals surface area (Å²) in [6.07, 6.45) is 1.04. The molecule has 1 aromatic carbocycles. The van der Waals surface area contributed by atoms with Crippen molar-refractivity contribution in [1.82, 2.24) is 15.2 Å². The summed E-state index contributed by atoms with van der Waals surface area (Å²) in [4.78, 5) is 35.4. The van der Waals surface area contributed by atoms with Crippen molar-refractivity contribution < 1.29 is 33.0 Å². The maximum atomic E-state index is 13.7. The van der Waals surface area contributed by atoms with E-state index < -0.39 is 35.2 Å². The number of morpholine rings is 1. The molecule has 2 N–H and O–H groups in total. The lowest BCUT2D eigenvalue weighted by Crippen LogP contribution is -2.53. The first-order chi connectivity index (χ1) is 16.7. The molecule has 184 valence electrons. The number of carbonyl (C=O) groups is 2. The summed E-state index contributed by atoms with van der Waals surface area (Å²) in [5.74, 6) is -2.50. The molecule has 2 atom stereocenters. The Bertz CT molecular complexity index is 1180. The molecule has 9 nitrogen and oxygen atoms in total. The Morgan fingerprint density at radius 1 is 1.23 bits per heavy atom. The lowest BCUT2D eigenvalue weighted by molar-refractivity contribution is -0.149. The van der Waals surface area contributed by atoms with Gasteiger partial charge in [-0.1, -0.05) is 12.1 Å². The van der Waals surface area contributed by atoms with E-state index in [2.05, 4.69) is 10.3 Å². The smallest absolute Gasteiger partial charge is 0.338 e. The van der Waals surface area contributed by atoms with E-state index in [9.17, 15) is 23.5 Å². The fraction of sp³-hybridized carbons (Fsp3) is 0.333. The molecule has 11 heteroatoms. The van der Waals surface area contributed by atoms with E-state index in [1.165, 1.54) is 43.5 Å². The number of rotatable bonds is 6. The van der Waals surface area contributed by atoms with Gasteiger partial charge >= 0.3 is 11.9 Å². The molecule has 1 saturated heterocycles. The summed E-state index contributed by atoms with van der Waals surface area (Å²) in [6.45, 7) is 2.32. The Kier molecular flexibility index (Phi) is 6.90. The Balaban J connectivity index is 1.87. The van der Waals surface area contributed by atoms with Crippen LogP contribution in [0.1, 0.15) is 18.2 Å². The molecular weight excluding hydrogens is 462 g/mol. The zero-order valence-electron chi connectivity index (χ0n) is 19.1. The lowest BCUT2D eigenvalue weighted by atomic mass is 9.82. The number of amidine groups is 1. The van der Waals surface area contributed by atoms with Gasteiger partial charge in [0.1, 0.15) is 28.9 Å². The number of aliphatic carboxylic acids is 1. The molecule has 0 bridgehead atoms. The first-order valence-electron chi connectivity index (χ1n) is 10.8. The molecule has 2 aliphatic rings. The summed E-state index contributed by atoms with van der Waals surface area (Å²) in [5, 5.41) is 12.8. The normalized spacial score (nSPS) is 22.9. The summed E-state index contributed by atoms with van der Waals surface area (Å²) >= 11 is 0. The highest BCUT2D eigenvalue weighted by molar-refractivity contribution is 6.03. The van der Waals surface area contributed by atoms with Gasteiger partial charge in [0.25, 0.3) is 0 Å². The van der Waals surface area contributed by atoms with Gasteiger partial charge in [-0.05, 0) is 36.8 Å². The van der Waals surface area contributed by atoms with Gasteiger partial charge in [0.05, 0.1) is 32.1 Å². The van der Waals surface area contributed by atoms with Crippen molar-refractivity contribution in [3.8, 4) is 0 Å². The molecule has 1 fully saturated rings. The van der Waals surface area contributed by atoms with Crippen LogP contribution in [0.4, 0.5) is 8.78 Å². The summed E-state index contributed by atoms with van der Waals surface area (Å²) in [5.41, 5.74) is -0.0775. The number of carboxylic acids is 1. The number of carbonyl (C=O) groups excluding carboxylic acids is 1. The highest BCUT2D eigenvalue weighted by Gasteiger charge is 2.43. The number of esters is 1. The van der Waals surface area contributed by atoms with Gasteiger partial charge in [0.2, 0.25) is 0 Å². The van der Waals surface area contributed by atoms with Crippen LogP contribution >= 0.6 is 0 Å². The number of benzene rings is 1. The number of ether oxygens (including phenoxy) is 2. The number of hydrogen-bond donors (Lipinski definition) is 2. The fourth-order valence-corrected chi connectivity index (χ4v) is 4.23. The van der Waals surface area contributed by atoms with Gasteiger partial charge in [-0.2, -0.15) is 0 Å². The number of aromatic nitrogens is 1. The quantitative estimate of drug-likeness (QED) is 0.595. The first-order valence-corrected chi connectivity index (χ1v) is 10.8. The fourth-order valence-electron chi connectivity index (χ4n) is 4.23. The average molecular weight is 486 g/mol. The molecule has 2 aliphatic heterocycles. The molecule has 2 aromatic rings. The van der Waals surface area contributed by atoms with Gasteiger partial charge in [-0.25, -0.2) is 23.6 Å². The Labute approximate surface area is 200 Å². The van der Waals surface area contributed by atoms with Crippen LogP contribution in [0.3, 0.4) is 0 Å². The van der Waals surface area contributed by atoms with Crippen LogP contribution in [-0.2, 0) is 24.6 Å². The predicted octanol–water partition coefficient (Wildman–Crippen LogP) is 1.84. The molecular formula is C24H24F2N4O5. The number of nitrogens with one attached hydrogen (secondary N) is 1. The van der Waals surface area contributed by atoms with Crippen LogP contribution in [0.2, 0.25) is 0 Å². The van der Waals surface area contributed by atoms with Crippen LogP contribution < -0.4 is 5.32 Å². The van der Waals surface area contributed by atoms with Crippen molar-refractivity contribution >= 4 is 17.8 Å². The molecule has 1 aromatic heterocycles. The third kappa shape index (κ3) is 4.91. The van der Waals surface area contributed by atoms with E-state index in [0.717, 1.165) is 6.20 Å². The molecule has 35 heavy (non-hydrogen) atoms. The van der Waals surface area contributed by atoms with E-state index in [1.807, 2.05) is 0 Å². The molecule has 3 heterocycles. The first kappa shape index (κ1) is 24.4. The minimum Gasteiger partial charge on any atom is -0.480 e. The number of pyridine rings is 1.